The number of fused-ring (bicyclic) bond motifs is 1. The molecule has 0 bridgehead atoms. The van der Waals surface area contributed by atoms with Crippen LogP contribution < -0.4 is 5.32 Å². The number of anilines is 1. The summed E-state index contributed by atoms with van der Waals surface area (Å²) in [5, 5.41) is 3.27. The van der Waals surface area contributed by atoms with Gasteiger partial charge in [0.15, 0.2) is 0 Å². The highest BCUT2D eigenvalue weighted by molar-refractivity contribution is 6.30. The Bertz CT molecular complexity index is 720. The second-order valence-corrected chi connectivity index (χ2v) is 6.09. The summed E-state index contributed by atoms with van der Waals surface area (Å²) in [5.74, 6) is 0.0781. The minimum atomic E-state index is -0.243. The molecule has 0 fully saturated rings. The fourth-order valence-electron chi connectivity index (χ4n) is 2.87. The number of pyridine rings is 1. The Balaban J connectivity index is 1.66. The third-order valence-electron chi connectivity index (χ3n) is 4.12. The van der Waals surface area contributed by atoms with Crippen molar-refractivity contribution in [1.82, 2.24) is 9.88 Å². The Kier molecular flexibility index (Phi) is 4.59. The highest BCUT2D eigenvalue weighted by Gasteiger charge is 2.25. The van der Waals surface area contributed by atoms with Crippen LogP contribution in [0.2, 0.25) is 5.02 Å². The molecule has 1 aliphatic rings. The normalized spacial score (nSPS) is 17.6. The van der Waals surface area contributed by atoms with Gasteiger partial charge in [0, 0.05) is 18.8 Å². The van der Waals surface area contributed by atoms with Crippen molar-refractivity contribution in [3.8, 4) is 0 Å². The molecule has 0 saturated carbocycles. The zero-order valence-corrected chi connectivity index (χ0v) is 13.5. The minimum Gasteiger partial charge on any atom is -0.310 e. The number of hydrogen-bond donors (Lipinski definition) is 1. The largest absolute Gasteiger partial charge is 0.310 e. The molecule has 0 radical (unpaired) electrons. The van der Waals surface area contributed by atoms with E-state index in [1.165, 1.54) is 12.3 Å². The quantitative estimate of drug-likeness (QED) is 0.936. The first-order chi connectivity index (χ1) is 11.0. The van der Waals surface area contributed by atoms with E-state index in [2.05, 4.69) is 10.3 Å². The Labute approximate surface area is 139 Å². The van der Waals surface area contributed by atoms with Crippen LogP contribution in [0.5, 0.6) is 0 Å². The van der Waals surface area contributed by atoms with E-state index in [1.54, 1.807) is 18.2 Å². The SMILES string of the molecule is CC1c2cc(F)ccc2CCN1CC(=O)Nc1ccc(Cl)cn1. The van der Waals surface area contributed by atoms with Gasteiger partial charge in [-0.1, -0.05) is 17.7 Å². The van der Waals surface area contributed by atoms with Crippen molar-refractivity contribution < 1.29 is 9.18 Å². The molecular weight excluding hydrogens is 317 g/mol. The predicted octanol–water partition coefficient (Wildman–Crippen LogP) is 3.43. The first kappa shape index (κ1) is 15.9. The van der Waals surface area contributed by atoms with Crippen LogP contribution in [0.3, 0.4) is 0 Å². The maximum absolute atomic E-state index is 13.5. The highest BCUT2D eigenvalue weighted by atomic mass is 35.5. The van der Waals surface area contributed by atoms with E-state index in [0.717, 1.165) is 24.1 Å². The molecule has 23 heavy (non-hydrogen) atoms. The lowest BCUT2D eigenvalue weighted by molar-refractivity contribution is -0.117. The molecule has 0 saturated heterocycles. The smallest absolute Gasteiger partial charge is 0.239 e. The summed E-state index contributed by atoms with van der Waals surface area (Å²) < 4.78 is 13.5. The molecule has 0 aliphatic carbocycles. The van der Waals surface area contributed by atoms with E-state index < -0.39 is 0 Å². The molecule has 6 heteroatoms. The van der Waals surface area contributed by atoms with Crippen molar-refractivity contribution in [3.63, 3.8) is 0 Å². The van der Waals surface area contributed by atoms with E-state index in [0.29, 0.717) is 10.8 Å². The van der Waals surface area contributed by atoms with Crippen LogP contribution in [0.25, 0.3) is 0 Å². The van der Waals surface area contributed by atoms with Crippen LogP contribution in [0.4, 0.5) is 10.2 Å². The summed E-state index contributed by atoms with van der Waals surface area (Å²) in [7, 11) is 0. The van der Waals surface area contributed by atoms with E-state index in [4.69, 9.17) is 11.6 Å². The number of nitrogens with one attached hydrogen (secondary N) is 1. The fraction of sp³-hybridized carbons (Fsp3) is 0.294. The molecule has 120 valence electrons. The van der Waals surface area contributed by atoms with Gasteiger partial charge in [0.1, 0.15) is 11.6 Å². The van der Waals surface area contributed by atoms with Crippen molar-refractivity contribution in [2.75, 3.05) is 18.4 Å². The molecule has 1 aromatic heterocycles. The summed E-state index contributed by atoms with van der Waals surface area (Å²) in [6.45, 7) is 2.99. The number of carbonyl (C=O) groups excluding carboxylic acids is 1. The molecule has 1 atom stereocenters. The third-order valence-corrected chi connectivity index (χ3v) is 4.34. The van der Waals surface area contributed by atoms with Gasteiger partial charge in [-0.15, -0.1) is 0 Å². The molecule has 1 amide bonds. The van der Waals surface area contributed by atoms with Crippen LogP contribution >= 0.6 is 11.6 Å². The topological polar surface area (TPSA) is 45.2 Å². The van der Waals surface area contributed by atoms with Gasteiger partial charge < -0.3 is 5.32 Å². The molecule has 0 spiro atoms. The van der Waals surface area contributed by atoms with E-state index in [-0.39, 0.29) is 24.3 Å². The van der Waals surface area contributed by atoms with Crippen LogP contribution in [0.1, 0.15) is 24.1 Å². The second kappa shape index (κ2) is 6.64. The van der Waals surface area contributed by atoms with Crippen LogP contribution in [0.15, 0.2) is 36.5 Å². The average molecular weight is 334 g/mol. The van der Waals surface area contributed by atoms with Crippen molar-refractivity contribution in [1.29, 1.82) is 0 Å². The fourth-order valence-corrected chi connectivity index (χ4v) is 2.98. The van der Waals surface area contributed by atoms with E-state index in [1.807, 2.05) is 17.9 Å². The van der Waals surface area contributed by atoms with Crippen LogP contribution in [-0.2, 0) is 11.2 Å². The third kappa shape index (κ3) is 3.68. The monoisotopic (exact) mass is 333 g/mol. The number of benzene rings is 1. The maximum atomic E-state index is 13.5. The van der Waals surface area contributed by atoms with Gasteiger partial charge in [0.25, 0.3) is 0 Å². The maximum Gasteiger partial charge on any atom is 0.239 e. The Hall–Kier alpha value is -1.98. The lowest BCUT2D eigenvalue weighted by Gasteiger charge is -2.34. The molecule has 2 aromatic rings. The summed E-state index contributed by atoms with van der Waals surface area (Å²) in [5.41, 5.74) is 2.10. The van der Waals surface area contributed by atoms with Crippen molar-refractivity contribution in [2.45, 2.75) is 19.4 Å². The first-order valence-corrected chi connectivity index (χ1v) is 7.84. The zero-order chi connectivity index (χ0) is 16.4. The number of rotatable bonds is 3. The molecule has 1 N–H and O–H groups in total. The predicted molar refractivity (Wildman–Crippen MR) is 88.0 cm³/mol. The van der Waals surface area contributed by atoms with Gasteiger partial charge in [0.2, 0.25) is 5.91 Å². The summed E-state index contributed by atoms with van der Waals surface area (Å²) in [6, 6.07) is 8.21. The average Bonchev–Trinajstić information content (AvgIpc) is 2.53. The Morgan fingerprint density at radius 2 is 2.26 bits per heavy atom. The van der Waals surface area contributed by atoms with Crippen molar-refractivity contribution in [2.24, 2.45) is 0 Å². The lowest BCUT2D eigenvalue weighted by atomic mass is 9.93. The summed E-state index contributed by atoms with van der Waals surface area (Å²) in [6.07, 6.45) is 2.30. The standard InChI is InChI=1S/C17H17ClFN3O/c1-11-15-8-14(19)4-2-12(15)6-7-22(11)10-17(23)21-16-5-3-13(18)9-20-16/h2-5,8-9,11H,6-7,10H2,1H3,(H,20,21,23). The van der Waals surface area contributed by atoms with Gasteiger partial charge >= 0.3 is 0 Å². The molecule has 1 unspecified atom stereocenters. The zero-order valence-electron chi connectivity index (χ0n) is 12.7. The van der Waals surface area contributed by atoms with Gasteiger partial charge in [0.05, 0.1) is 11.6 Å². The second-order valence-electron chi connectivity index (χ2n) is 5.65. The number of hydrogen-bond acceptors (Lipinski definition) is 3. The molecule has 4 nitrogen and oxygen atoms in total. The molecule has 2 heterocycles. The summed E-state index contributed by atoms with van der Waals surface area (Å²) >= 11 is 5.77. The van der Waals surface area contributed by atoms with Crippen LogP contribution in [0, 0.1) is 5.82 Å². The Morgan fingerprint density at radius 3 is 3.00 bits per heavy atom. The van der Waals surface area contributed by atoms with Gasteiger partial charge in [-0.2, -0.15) is 0 Å². The number of amides is 1. The van der Waals surface area contributed by atoms with E-state index >= 15 is 0 Å². The number of carbonyl (C=O) groups is 1. The van der Waals surface area contributed by atoms with Gasteiger partial charge in [-0.05, 0) is 48.7 Å². The van der Waals surface area contributed by atoms with Gasteiger partial charge in [-0.25, -0.2) is 9.37 Å². The van der Waals surface area contributed by atoms with Crippen LogP contribution in [-0.4, -0.2) is 28.9 Å². The molecule has 3 rings (SSSR count). The lowest BCUT2D eigenvalue weighted by Crippen LogP contribution is -2.39. The number of aromatic nitrogens is 1. The minimum absolute atomic E-state index is 0.00150. The highest BCUT2D eigenvalue weighted by Crippen LogP contribution is 2.29. The first-order valence-electron chi connectivity index (χ1n) is 7.47. The molecular formula is C17H17ClFN3O. The van der Waals surface area contributed by atoms with Crippen molar-refractivity contribution >= 4 is 23.3 Å². The Morgan fingerprint density at radius 1 is 1.43 bits per heavy atom. The number of nitrogens with zero attached hydrogens (tertiary/aromatic N) is 2. The van der Waals surface area contributed by atoms with Crippen molar-refractivity contribution in [3.05, 3.63) is 58.5 Å². The number of halogens is 2. The van der Waals surface area contributed by atoms with E-state index in [9.17, 15) is 9.18 Å². The van der Waals surface area contributed by atoms with Gasteiger partial charge in [-0.3, -0.25) is 9.69 Å². The molecule has 1 aliphatic heterocycles. The molecule has 1 aromatic carbocycles. The summed E-state index contributed by atoms with van der Waals surface area (Å²) in [4.78, 5) is 18.3.